The molecule has 38 heavy (non-hydrogen) atoms. The largest absolute Gasteiger partial charge is 0.507 e. The van der Waals surface area contributed by atoms with Crippen molar-refractivity contribution in [3.8, 4) is 22.8 Å². The number of ether oxygens (including phenoxy) is 1. The zero-order valence-electron chi connectivity index (χ0n) is 21.7. The number of carbonyl (C=O) groups excluding carboxylic acids is 2. The molecule has 2 amide bonds. The summed E-state index contributed by atoms with van der Waals surface area (Å²) in [6.45, 7) is 10.1. The fourth-order valence-corrected chi connectivity index (χ4v) is 5.78. The Morgan fingerprint density at radius 2 is 1.92 bits per heavy atom. The Morgan fingerprint density at radius 1 is 1.18 bits per heavy atom. The summed E-state index contributed by atoms with van der Waals surface area (Å²) in [6, 6.07) is 3.67. The van der Waals surface area contributed by atoms with E-state index in [0.717, 1.165) is 6.54 Å². The second-order valence-corrected chi connectivity index (χ2v) is 10.4. The Balaban J connectivity index is 1.68. The molecule has 3 aliphatic heterocycles. The Kier molecular flexibility index (Phi) is 6.96. The predicted molar refractivity (Wildman–Crippen MR) is 142 cm³/mol. The number of carbonyl (C=O) groups is 2. The molecule has 2 aromatic rings. The van der Waals surface area contributed by atoms with Crippen molar-refractivity contribution in [3.63, 3.8) is 0 Å². The molecule has 1 aromatic heterocycles. The van der Waals surface area contributed by atoms with Crippen LogP contribution in [0, 0.1) is 5.82 Å². The monoisotopic (exact) mass is 543 g/mol. The van der Waals surface area contributed by atoms with Crippen molar-refractivity contribution in [1.29, 1.82) is 0 Å². The van der Waals surface area contributed by atoms with Gasteiger partial charge in [0, 0.05) is 44.8 Å². The molecule has 0 bridgehead atoms. The molecule has 1 N–H and O–H groups in total. The number of fused-ring (bicyclic) bond motifs is 2. The number of likely N-dealkylation sites (N-methyl/N-ethyl adjacent to an activating group) is 1. The van der Waals surface area contributed by atoms with E-state index in [0.29, 0.717) is 25.5 Å². The van der Waals surface area contributed by atoms with E-state index in [9.17, 15) is 14.7 Å². The number of amides is 2. The average molecular weight is 544 g/mol. The number of aromatic hydroxyl groups is 1. The first-order valence-electron chi connectivity index (χ1n) is 12.7. The summed E-state index contributed by atoms with van der Waals surface area (Å²) in [5.41, 5.74) is 0.0623. The normalized spacial score (nSPS) is 23.9. The number of benzene rings is 1. The van der Waals surface area contributed by atoms with Gasteiger partial charge >= 0.3 is 0 Å². The number of aromatic nitrogens is 1. The van der Waals surface area contributed by atoms with Crippen LogP contribution in [-0.4, -0.2) is 101 Å². The molecular weight excluding hydrogens is 513 g/mol. The zero-order chi connectivity index (χ0) is 27.3. The maximum absolute atomic E-state index is 15.0. The van der Waals surface area contributed by atoms with E-state index in [1.807, 2.05) is 18.9 Å². The average Bonchev–Trinajstić information content (AvgIpc) is 3.05. The minimum Gasteiger partial charge on any atom is -0.507 e. The van der Waals surface area contributed by atoms with Crippen molar-refractivity contribution < 1.29 is 23.8 Å². The summed E-state index contributed by atoms with van der Waals surface area (Å²) in [6.07, 6.45) is 1.26. The van der Waals surface area contributed by atoms with Crippen molar-refractivity contribution in [2.75, 3.05) is 51.3 Å². The van der Waals surface area contributed by atoms with Gasteiger partial charge in [-0.2, -0.15) is 0 Å². The molecular formula is C27H31ClFN5O4. The lowest BCUT2D eigenvalue weighted by atomic mass is 10.0. The Morgan fingerprint density at radius 3 is 2.63 bits per heavy atom. The first kappa shape index (κ1) is 26.2. The lowest BCUT2D eigenvalue weighted by molar-refractivity contribution is -0.128. The summed E-state index contributed by atoms with van der Waals surface area (Å²) in [5.74, 6) is -1.08. The maximum Gasteiger partial charge on any atom is 0.261 e. The van der Waals surface area contributed by atoms with Gasteiger partial charge < -0.3 is 24.5 Å². The molecule has 3 atom stereocenters. The predicted octanol–water partition coefficient (Wildman–Crippen LogP) is 3.01. The SMILES string of the molecule is C=CC(=O)N1CCN2C(=O)c3c(N4CCN(C)[C@@H](C)[C@H]4C)nc(-c4c(O)cccc4F)c(Cl)c3OCC2C1. The molecule has 0 spiro atoms. The molecule has 3 aliphatic rings. The highest BCUT2D eigenvalue weighted by atomic mass is 35.5. The van der Waals surface area contributed by atoms with Crippen molar-refractivity contribution in [3.05, 3.63) is 47.3 Å². The van der Waals surface area contributed by atoms with Crippen LogP contribution in [0.5, 0.6) is 11.5 Å². The third-order valence-corrected chi connectivity index (χ3v) is 8.37. The van der Waals surface area contributed by atoms with Gasteiger partial charge in [-0.05, 0) is 39.1 Å². The molecule has 1 aromatic carbocycles. The first-order chi connectivity index (χ1) is 18.1. The number of halogens is 2. The van der Waals surface area contributed by atoms with Gasteiger partial charge in [0.1, 0.15) is 40.3 Å². The highest BCUT2D eigenvalue weighted by Crippen LogP contribution is 2.46. The lowest BCUT2D eigenvalue weighted by Crippen LogP contribution is -2.58. The van der Waals surface area contributed by atoms with E-state index in [-0.39, 0.29) is 70.4 Å². The topological polar surface area (TPSA) is 89.5 Å². The van der Waals surface area contributed by atoms with E-state index in [1.165, 1.54) is 24.3 Å². The van der Waals surface area contributed by atoms with Gasteiger partial charge in [-0.1, -0.05) is 24.2 Å². The third kappa shape index (κ3) is 4.25. The number of rotatable bonds is 3. The zero-order valence-corrected chi connectivity index (χ0v) is 22.4. The van der Waals surface area contributed by atoms with Gasteiger partial charge in [0.2, 0.25) is 5.91 Å². The molecule has 0 saturated carbocycles. The van der Waals surface area contributed by atoms with Gasteiger partial charge in [-0.25, -0.2) is 9.37 Å². The van der Waals surface area contributed by atoms with Crippen LogP contribution in [0.1, 0.15) is 24.2 Å². The molecule has 1 unspecified atom stereocenters. The summed E-state index contributed by atoms with van der Waals surface area (Å²) >= 11 is 6.80. The molecule has 202 valence electrons. The number of nitrogens with zero attached hydrogens (tertiary/aromatic N) is 5. The van der Waals surface area contributed by atoms with E-state index < -0.39 is 11.9 Å². The number of piperazine rings is 2. The molecule has 9 nitrogen and oxygen atoms in total. The second-order valence-electron chi connectivity index (χ2n) is 10.0. The lowest BCUT2D eigenvalue weighted by Gasteiger charge is -2.45. The van der Waals surface area contributed by atoms with Crippen LogP contribution >= 0.6 is 11.6 Å². The van der Waals surface area contributed by atoms with Crippen LogP contribution in [0.15, 0.2) is 30.9 Å². The standard InChI is InChI=1S/C27H31ClFN5O4/c1-5-20(36)32-10-12-34-17(13-32)14-38-25-22(27(34)37)26(33-11-9-31(4)15(2)16(33)3)30-24(23(25)28)21-18(29)7-6-8-19(21)35/h5-8,15-17,35H,1,9-14H2,2-4H3/t15-,16+,17?/m0/s1. The molecule has 11 heteroatoms. The van der Waals surface area contributed by atoms with Crippen molar-refractivity contribution in [1.82, 2.24) is 19.7 Å². The minimum atomic E-state index is -0.693. The number of phenolic OH excluding ortho intramolecular Hbond substituents is 1. The van der Waals surface area contributed by atoms with Gasteiger partial charge in [0.25, 0.3) is 5.91 Å². The van der Waals surface area contributed by atoms with E-state index in [4.69, 9.17) is 21.3 Å². The number of pyridine rings is 1. The van der Waals surface area contributed by atoms with Crippen LogP contribution in [0.3, 0.4) is 0 Å². The molecule has 2 fully saturated rings. The molecule has 5 rings (SSSR count). The number of phenols is 1. The first-order valence-corrected chi connectivity index (χ1v) is 13.0. The van der Waals surface area contributed by atoms with Crippen molar-refractivity contribution >= 4 is 29.2 Å². The summed E-state index contributed by atoms with van der Waals surface area (Å²) in [4.78, 5) is 38.7. The number of anilines is 1. The van der Waals surface area contributed by atoms with Crippen LogP contribution in [-0.2, 0) is 4.79 Å². The molecule has 4 heterocycles. The molecule has 0 aliphatic carbocycles. The smallest absolute Gasteiger partial charge is 0.261 e. The summed E-state index contributed by atoms with van der Waals surface area (Å²) < 4.78 is 21.2. The summed E-state index contributed by atoms with van der Waals surface area (Å²) in [7, 11) is 2.04. The summed E-state index contributed by atoms with van der Waals surface area (Å²) in [5, 5.41) is 10.5. The maximum atomic E-state index is 15.0. The van der Waals surface area contributed by atoms with E-state index in [1.54, 1.807) is 9.80 Å². The number of hydrogen-bond acceptors (Lipinski definition) is 7. The van der Waals surface area contributed by atoms with Crippen LogP contribution in [0.25, 0.3) is 11.3 Å². The van der Waals surface area contributed by atoms with Gasteiger partial charge in [0.05, 0.1) is 11.6 Å². The Labute approximate surface area is 226 Å². The fraction of sp³-hybridized carbons (Fsp3) is 0.444. The van der Waals surface area contributed by atoms with Gasteiger partial charge in [-0.15, -0.1) is 0 Å². The Hall–Kier alpha value is -3.37. The fourth-order valence-electron chi connectivity index (χ4n) is 5.50. The molecule has 0 radical (unpaired) electrons. The quantitative estimate of drug-likeness (QED) is 0.595. The molecule has 2 saturated heterocycles. The Bertz CT molecular complexity index is 1290. The van der Waals surface area contributed by atoms with Crippen molar-refractivity contribution in [2.24, 2.45) is 0 Å². The van der Waals surface area contributed by atoms with Crippen LogP contribution in [0.4, 0.5) is 10.2 Å². The highest BCUT2D eigenvalue weighted by molar-refractivity contribution is 6.35. The van der Waals surface area contributed by atoms with Gasteiger partial charge in [-0.3, -0.25) is 14.5 Å². The van der Waals surface area contributed by atoms with E-state index >= 15 is 4.39 Å². The minimum absolute atomic E-state index is 0.00549. The van der Waals surface area contributed by atoms with Crippen molar-refractivity contribution in [2.45, 2.75) is 32.0 Å². The van der Waals surface area contributed by atoms with Gasteiger partial charge in [0.15, 0.2) is 5.75 Å². The third-order valence-electron chi connectivity index (χ3n) is 8.02. The van der Waals surface area contributed by atoms with E-state index in [2.05, 4.69) is 18.4 Å². The number of hydrogen-bond donors (Lipinski definition) is 1. The highest BCUT2D eigenvalue weighted by Gasteiger charge is 2.42. The van der Waals surface area contributed by atoms with Crippen LogP contribution in [0.2, 0.25) is 5.02 Å². The van der Waals surface area contributed by atoms with Crippen LogP contribution < -0.4 is 9.64 Å². The second kappa shape index (κ2) is 10.1.